The molecule has 0 amide bonds. The Hall–Kier alpha value is -1.53. The molecule has 3 heteroatoms. The number of nitrogens with one attached hydrogen (secondary N) is 1. The Morgan fingerprint density at radius 2 is 2.31 bits per heavy atom. The fraction of sp³-hybridized carbons (Fsp3) is 0.385. The van der Waals surface area contributed by atoms with Crippen molar-refractivity contribution in [1.82, 2.24) is 5.32 Å². The van der Waals surface area contributed by atoms with Gasteiger partial charge in [0, 0.05) is 12.6 Å². The van der Waals surface area contributed by atoms with Crippen molar-refractivity contribution in [2.45, 2.75) is 20.0 Å². The van der Waals surface area contributed by atoms with Gasteiger partial charge < -0.3 is 10.1 Å². The lowest BCUT2D eigenvalue weighted by Gasteiger charge is -2.16. The van der Waals surface area contributed by atoms with Crippen LogP contribution in [0.1, 0.15) is 12.5 Å². The standard InChI is InChI=1S/C13H16FNO/c1-4-7-15-9-11(3)16-13-8-12(14)6-5-10(13)2/h1,5-6,8,11,15H,7,9H2,2-3H3. The van der Waals surface area contributed by atoms with Crippen LogP contribution < -0.4 is 10.1 Å². The number of terminal acetylenes is 1. The van der Waals surface area contributed by atoms with Gasteiger partial charge in [0.15, 0.2) is 0 Å². The molecule has 0 aliphatic rings. The largest absolute Gasteiger partial charge is 0.489 e. The van der Waals surface area contributed by atoms with E-state index in [1.807, 2.05) is 13.8 Å². The zero-order valence-corrected chi connectivity index (χ0v) is 9.59. The van der Waals surface area contributed by atoms with Crippen molar-refractivity contribution in [3.05, 3.63) is 29.6 Å². The summed E-state index contributed by atoms with van der Waals surface area (Å²) in [5.41, 5.74) is 0.921. The van der Waals surface area contributed by atoms with Crippen molar-refractivity contribution in [2.75, 3.05) is 13.1 Å². The quantitative estimate of drug-likeness (QED) is 0.607. The topological polar surface area (TPSA) is 21.3 Å². The van der Waals surface area contributed by atoms with Gasteiger partial charge in [-0.2, -0.15) is 0 Å². The molecule has 0 radical (unpaired) electrons. The van der Waals surface area contributed by atoms with Crippen LogP contribution in [0.2, 0.25) is 0 Å². The second kappa shape index (κ2) is 6.14. The molecular weight excluding hydrogens is 205 g/mol. The van der Waals surface area contributed by atoms with Gasteiger partial charge in [0.2, 0.25) is 0 Å². The van der Waals surface area contributed by atoms with Gasteiger partial charge in [0.25, 0.3) is 0 Å². The lowest BCUT2D eigenvalue weighted by atomic mass is 10.2. The molecule has 0 saturated heterocycles. The number of aryl methyl sites for hydroxylation is 1. The van der Waals surface area contributed by atoms with Crippen LogP contribution >= 0.6 is 0 Å². The van der Waals surface area contributed by atoms with E-state index in [4.69, 9.17) is 11.2 Å². The van der Waals surface area contributed by atoms with Crippen LogP contribution in [0.5, 0.6) is 5.75 Å². The first-order valence-corrected chi connectivity index (χ1v) is 5.20. The highest BCUT2D eigenvalue weighted by molar-refractivity contribution is 5.32. The van der Waals surface area contributed by atoms with Crippen molar-refractivity contribution >= 4 is 0 Å². The second-order valence-electron chi connectivity index (χ2n) is 3.67. The summed E-state index contributed by atoms with van der Waals surface area (Å²) in [6.07, 6.45) is 5.06. The van der Waals surface area contributed by atoms with E-state index < -0.39 is 0 Å². The Labute approximate surface area is 95.8 Å². The molecule has 1 atom stereocenters. The smallest absolute Gasteiger partial charge is 0.126 e. The summed E-state index contributed by atoms with van der Waals surface area (Å²) < 4.78 is 18.6. The fourth-order valence-corrected chi connectivity index (χ4v) is 1.31. The first-order chi connectivity index (χ1) is 7.63. The molecule has 1 N–H and O–H groups in total. The third kappa shape index (κ3) is 3.92. The molecular formula is C13H16FNO. The molecule has 1 rings (SSSR count). The third-order valence-electron chi connectivity index (χ3n) is 2.14. The number of ether oxygens (including phenoxy) is 1. The maximum atomic E-state index is 13.0. The van der Waals surface area contributed by atoms with Crippen LogP contribution in [0.3, 0.4) is 0 Å². The summed E-state index contributed by atoms with van der Waals surface area (Å²) in [4.78, 5) is 0. The average molecular weight is 221 g/mol. The molecule has 86 valence electrons. The fourth-order valence-electron chi connectivity index (χ4n) is 1.31. The first kappa shape index (κ1) is 12.5. The Morgan fingerprint density at radius 1 is 1.56 bits per heavy atom. The summed E-state index contributed by atoms with van der Waals surface area (Å²) in [6.45, 7) is 4.94. The van der Waals surface area contributed by atoms with Crippen LogP contribution in [0.15, 0.2) is 18.2 Å². The molecule has 0 heterocycles. The average Bonchev–Trinajstić information content (AvgIpc) is 2.24. The Morgan fingerprint density at radius 3 is 3.00 bits per heavy atom. The Kier molecular flexibility index (Phi) is 4.81. The monoisotopic (exact) mass is 221 g/mol. The van der Waals surface area contributed by atoms with E-state index in [0.717, 1.165) is 5.56 Å². The summed E-state index contributed by atoms with van der Waals surface area (Å²) in [5.74, 6) is 2.77. The molecule has 2 nitrogen and oxygen atoms in total. The van der Waals surface area contributed by atoms with Crippen LogP contribution in [-0.4, -0.2) is 19.2 Å². The van der Waals surface area contributed by atoms with Crippen LogP contribution in [0, 0.1) is 25.1 Å². The summed E-state index contributed by atoms with van der Waals surface area (Å²) >= 11 is 0. The SMILES string of the molecule is C#CCNCC(C)Oc1cc(F)ccc1C. The summed E-state index contributed by atoms with van der Waals surface area (Å²) in [6, 6.07) is 4.52. The number of rotatable bonds is 5. The summed E-state index contributed by atoms with van der Waals surface area (Å²) in [7, 11) is 0. The number of hydrogen-bond donors (Lipinski definition) is 1. The molecule has 1 aromatic carbocycles. The zero-order chi connectivity index (χ0) is 12.0. The van der Waals surface area contributed by atoms with Gasteiger partial charge >= 0.3 is 0 Å². The predicted molar refractivity (Wildman–Crippen MR) is 62.9 cm³/mol. The third-order valence-corrected chi connectivity index (χ3v) is 2.14. The van der Waals surface area contributed by atoms with Crippen LogP contribution in [0.4, 0.5) is 4.39 Å². The number of hydrogen-bond acceptors (Lipinski definition) is 2. The van der Waals surface area contributed by atoms with Gasteiger partial charge in [-0.15, -0.1) is 6.42 Å². The highest BCUT2D eigenvalue weighted by Crippen LogP contribution is 2.19. The summed E-state index contributed by atoms with van der Waals surface area (Å²) in [5, 5.41) is 3.03. The molecule has 0 bridgehead atoms. The molecule has 0 aliphatic heterocycles. The predicted octanol–water partition coefficient (Wildman–Crippen LogP) is 2.12. The van der Waals surface area contributed by atoms with E-state index in [-0.39, 0.29) is 11.9 Å². The minimum atomic E-state index is -0.288. The molecule has 1 unspecified atom stereocenters. The Balaban J connectivity index is 2.52. The van der Waals surface area contributed by atoms with E-state index in [1.165, 1.54) is 12.1 Å². The first-order valence-electron chi connectivity index (χ1n) is 5.20. The highest BCUT2D eigenvalue weighted by Gasteiger charge is 2.06. The van der Waals surface area contributed by atoms with Gasteiger partial charge in [-0.1, -0.05) is 12.0 Å². The van der Waals surface area contributed by atoms with E-state index >= 15 is 0 Å². The van der Waals surface area contributed by atoms with Crippen LogP contribution in [-0.2, 0) is 0 Å². The van der Waals surface area contributed by atoms with Gasteiger partial charge in [0.05, 0.1) is 6.54 Å². The van der Waals surface area contributed by atoms with E-state index in [1.54, 1.807) is 6.07 Å². The lowest BCUT2D eigenvalue weighted by molar-refractivity contribution is 0.217. The van der Waals surface area contributed by atoms with Gasteiger partial charge in [-0.05, 0) is 25.5 Å². The van der Waals surface area contributed by atoms with Crippen molar-refractivity contribution < 1.29 is 9.13 Å². The molecule has 0 fully saturated rings. The minimum absolute atomic E-state index is 0.0474. The number of benzene rings is 1. The highest BCUT2D eigenvalue weighted by atomic mass is 19.1. The Bertz CT molecular complexity index is 384. The lowest BCUT2D eigenvalue weighted by Crippen LogP contribution is -2.29. The van der Waals surface area contributed by atoms with E-state index in [0.29, 0.717) is 18.8 Å². The van der Waals surface area contributed by atoms with E-state index in [2.05, 4.69) is 11.2 Å². The maximum Gasteiger partial charge on any atom is 0.126 e. The molecule has 0 saturated carbocycles. The van der Waals surface area contributed by atoms with Gasteiger partial charge in [-0.25, -0.2) is 4.39 Å². The van der Waals surface area contributed by atoms with Crippen molar-refractivity contribution in [1.29, 1.82) is 0 Å². The molecule has 1 aromatic rings. The zero-order valence-electron chi connectivity index (χ0n) is 9.59. The molecule has 0 spiro atoms. The van der Waals surface area contributed by atoms with Gasteiger partial charge in [-0.3, -0.25) is 0 Å². The minimum Gasteiger partial charge on any atom is -0.489 e. The van der Waals surface area contributed by atoms with E-state index in [9.17, 15) is 4.39 Å². The molecule has 0 aliphatic carbocycles. The van der Waals surface area contributed by atoms with Crippen molar-refractivity contribution in [3.8, 4) is 18.1 Å². The van der Waals surface area contributed by atoms with Crippen molar-refractivity contribution in [3.63, 3.8) is 0 Å². The molecule has 0 aromatic heterocycles. The second-order valence-corrected chi connectivity index (χ2v) is 3.67. The van der Waals surface area contributed by atoms with Crippen molar-refractivity contribution in [2.24, 2.45) is 0 Å². The van der Waals surface area contributed by atoms with Gasteiger partial charge in [0.1, 0.15) is 17.7 Å². The maximum absolute atomic E-state index is 13.0. The normalized spacial score (nSPS) is 11.9. The molecule has 16 heavy (non-hydrogen) atoms. The number of halogens is 1. The van der Waals surface area contributed by atoms with Crippen LogP contribution in [0.25, 0.3) is 0 Å².